The first kappa shape index (κ1) is 11.0. The van der Waals surface area contributed by atoms with Gasteiger partial charge in [-0.2, -0.15) is 0 Å². The van der Waals surface area contributed by atoms with Gasteiger partial charge in [0.1, 0.15) is 6.29 Å². The summed E-state index contributed by atoms with van der Waals surface area (Å²) in [5.74, 6) is 0. The maximum atomic E-state index is 10.5. The Bertz CT molecular complexity index is 488. The number of benzene rings is 2. The van der Waals surface area contributed by atoms with Crippen molar-refractivity contribution in [3.05, 3.63) is 59.7 Å². The number of rotatable bonds is 3. The van der Waals surface area contributed by atoms with Gasteiger partial charge in [-0.15, -0.1) is 0 Å². The normalized spacial score (nSPS) is 10.8. The molecule has 2 heteroatoms. The second-order valence-electron chi connectivity index (χ2n) is 3.68. The van der Waals surface area contributed by atoms with Crippen molar-refractivity contribution in [3.8, 4) is 0 Å². The smallest absolute Gasteiger partial charge is 0.150 e. The molecule has 0 heterocycles. The van der Waals surface area contributed by atoms with Gasteiger partial charge in [-0.05, 0) is 23.1 Å². The van der Waals surface area contributed by atoms with E-state index in [1.165, 1.54) is 16.2 Å². The lowest BCUT2D eigenvalue weighted by Gasteiger charge is -2.05. The first-order chi connectivity index (χ1) is 7.79. The molecule has 0 amide bonds. The van der Waals surface area contributed by atoms with Crippen molar-refractivity contribution < 1.29 is 4.79 Å². The summed E-state index contributed by atoms with van der Waals surface area (Å²) in [5, 5.41) is 2.63. The van der Waals surface area contributed by atoms with Gasteiger partial charge in [-0.1, -0.05) is 57.1 Å². The van der Waals surface area contributed by atoms with Crippen LogP contribution in [0.25, 0.3) is 0 Å². The molecule has 0 saturated heterocycles. The van der Waals surface area contributed by atoms with Crippen molar-refractivity contribution in [3.63, 3.8) is 0 Å². The van der Waals surface area contributed by atoms with Crippen LogP contribution in [0.3, 0.4) is 0 Å². The van der Waals surface area contributed by atoms with E-state index in [1.807, 2.05) is 24.3 Å². The van der Waals surface area contributed by atoms with Gasteiger partial charge in [0.2, 0.25) is 0 Å². The summed E-state index contributed by atoms with van der Waals surface area (Å²) in [4.78, 5) is 10.5. The first-order valence-electron chi connectivity index (χ1n) is 5.17. The molecule has 2 aromatic rings. The van der Waals surface area contributed by atoms with Crippen LogP contribution in [-0.2, 0) is 0 Å². The lowest BCUT2D eigenvalue weighted by molar-refractivity contribution is 0.112. The maximum absolute atomic E-state index is 10.5. The average Bonchev–Trinajstić information content (AvgIpc) is 2.33. The fourth-order valence-corrected chi connectivity index (χ4v) is 2.62. The van der Waals surface area contributed by atoms with Gasteiger partial charge in [-0.3, -0.25) is 4.79 Å². The second-order valence-corrected chi connectivity index (χ2v) is 5.05. The van der Waals surface area contributed by atoms with E-state index in [0.717, 1.165) is 11.8 Å². The van der Waals surface area contributed by atoms with E-state index in [4.69, 9.17) is 0 Å². The molecule has 0 saturated carbocycles. The summed E-state index contributed by atoms with van der Waals surface area (Å²) in [6.07, 6.45) is 0.876. The van der Waals surface area contributed by atoms with Crippen molar-refractivity contribution in [2.24, 2.45) is 0 Å². The molecule has 2 aromatic carbocycles. The molecule has 1 unspecified atom stereocenters. The Morgan fingerprint density at radius 1 is 1.00 bits per heavy atom. The molecule has 0 bridgehead atoms. The third kappa shape index (κ3) is 2.56. The molecule has 0 N–H and O–H groups in total. The molecule has 0 aromatic heterocycles. The monoisotopic (exact) mass is 228 g/mol. The minimum atomic E-state index is 0.657. The Labute approximate surface area is 97.3 Å². The molecule has 0 spiro atoms. The average molecular weight is 228 g/mol. The molecule has 16 heavy (non-hydrogen) atoms. The van der Waals surface area contributed by atoms with Crippen molar-refractivity contribution >= 4 is 25.5 Å². The molecule has 1 nitrogen and oxygen atoms in total. The molecule has 80 valence electrons. The van der Waals surface area contributed by atoms with Crippen molar-refractivity contribution in [2.75, 3.05) is 0 Å². The standard InChI is InChI=1S/C14H13OP/c1-11-4-2-3-5-14(11)16-13-8-6-12(10-15)7-9-13/h2-10,16H,1H3. The highest BCUT2D eigenvalue weighted by Gasteiger charge is 1.99. The van der Waals surface area contributed by atoms with Crippen molar-refractivity contribution in [1.29, 1.82) is 0 Å². The van der Waals surface area contributed by atoms with Crippen LogP contribution in [0, 0.1) is 6.92 Å². The van der Waals surface area contributed by atoms with E-state index in [-0.39, 0.29) is 0 Å². The van der Waals surface area contributed by atoms with E-state index < -0.39 is 0 Å². The van der Waals surface area contributed by atoms with Crippen LogP contribution in [0.1, 0.15) is 15.9 Å². The number of carbonyl (C=O) groups excluding carboxylic acids is 1. The highest BCUT2D eigenvalue weighted by molar-refractivity contribution is 7.55. The van der Waals surface area contributed by atoms with Gasteiger partial charge in [0.15, 0.2) is 0 Å². The minimum Gasteiger partial charge on any atom is -0.298 e. The molecule has 0 aliphatic carbocycles. The predicted octanol–water partition coefficient (Wildman–Crippen LogP) is 2.44. The second kappa shape index (κ2) is 5.05. The van der Waals surface area contributed by atoms with Crippen LogP contribution in [0.2, 0.25) is 0 Å². The minimum absolute atomic E-state index is 0.657. The van der Waals surface area contributed by atoms with Crippen LogP contribution < -0.4 is 10.6 Å². The number of aryl methyl sites for hydroxylation is 1. The van der Waals surface area contributed by atoms with E-state index >= 15 is 0 Å². The number of hydrogen-bond acceptors (Lipinski definition) is 1. The largest absolute Gasteiger partial charge is 0.298 e. The van der Waals surface area contributed by atoms with Gasteiger partial charge >= 0.3 is 0 Å². The molecule has 2 rings (SSSR count). The Kier molecular flexibility index (Phi) is 3.48. The Morgan fingerprint density at radius 3 is 2.31 bits per heavy atom. The van der Waals surface area contributed by atoms with Gasteiger partial charge in [0.25, 0.3) is 0 Å². The summed E-state index contributed by atoms with van der Waals surface area (Å²) in [5.41, 5.74) is 2.05. The van der Waals surface area contributed by atoms with Gasteiger partial charge in [0.05, 0.1) is 0 Å². The predicted molar refractivity (Wildman–Crippen MR) is 70.6 cm³/mol. The fraction of sp³-hybridized carbons (Fsp3) is 0.0714. The quantitative estimate of drug-likeness (QED) is 0.582. The van der Waals surface area contributed by atoms with Crippen LogP contribution in [0.15, 0.2) is 48.5 Å². The highest BCUT2D eigenvalue weighted by atomic mass is 31.1. The Balaban J connectivity index is 2.21. The molecule has 0 aliphatic rings. The van der Waals surface area contributed by atoms with Gasteiger partial charge in [0, 0.05) is 5.56 Å². The third-order valence-electron chi connectivity index (χ3n) is 2.47. The zero-order valence-corrected chi connectivity index (χ0v) is 10.1. The number of carbonyl (C=O) groups is 1. The van der Waals surface area contributed by atoms with E-state index in [2.05, 4.69) is 31.2 Å². The highest BCUT2D eigenvalue weighted by Crippen LogP contribution is 2.13. The maximum Gasteiger partial charge on any atom is 0.150 e. The Morgan fingerprint density at radius 2 is 1.69 bits per heavy atom. The van der Waals surface area contributed by atoms with Crippen LogP contribution in [-0.4, -0.2) is 6.29 Å². The molecular formula is C14H13OP. The zero-order valence-electron chi connectivity index (χ0n) is 9.10. The summed E-state index contributed by atoms with van der Waals surface area (Å²) in [7, 11) is 0.657. The summed E-state index contributed by atoms with van der Waals surface area (Å²) < 4.78 is 0. The lowest BCUT2D eigenvalue weighted by Crippen LogP contribution is -2.06. The SMILES string of the molecule is Cc1ccccc1Pc1ccc(C=O)cc1. The Hall–Kier alpha value is -1.46. The third-order valence-corrected chi connectivity index (χ3v) is 3.92. The molecule has 1 atom stereocenters. The van der Waals surface area contributed by atoms with Crippen molar-refractivity contribution in [2.45, 2.75) is 6.92 Å². The topological polar surface area (TPSA) is 17.1 Å². The number of aldehydes is 1. The van der Waals surface area contributed by atoms with Crippen molar-refractivity contribution in [1.82, 2.24) is 0 Å². The summed E-state index contributed by atoms with van der Waals surface area (Å²) in [6.45, 7) is 2.13. The van der Waals surface area contributed by atoms with Crippen LogP contribution >= 0.6 is 8.58 Å². The number of hydrogen-bond donors (Lipinski definition) is 0. The lowest BCUT2D eigenvalue weighted by atomic mass is 10.2. The van der Waals surface area contributed by atoms with Gasteiger partial charge in [-0.25, -0.2) is 0 Å². The molecular weight excluding hydrogens is 215 g/mol. The van der Waals surface area contributed by atoms with Crippen LogP contribution in [0.4, 0.5) is 0 Å². The van der Waals surface area contributed by atoms with E-state index in [0.29, 0.717) is 8.58 Å². The van der Waals surface area contributed by atoms with E-state index in [1.54, 1.807) is 0 Å². The van der Waals surface area contributed by atoms with E-state index in [9.17, 15) is 4.79 Å². The molecule has 0 radical (unpaired) electrons. The summed E-state index contributed by atoms with van der Waals surface area (Å²) >= 11 is 0. The summed E-state index contributed by atoms with van der Waals surface area (Å²) in [6, 6.07) is 16.2. The fourth-order valence-electron chi connectivity index (χ4n) is 1.51. The van der Waals surface area contributed by atoms with Gasteiger partial charge < -0.3 is 0 Å². The van der Waals surface area contributed by atoms with Crippen LogP contribution in [0.5, 0.6) is 0 Å². The first-order valence-corrected chi connectivity index (χ1v) is 6.17. The molecule has 0 fully saturated rings. The molecule has 0 aliphatic heterocycles. The zero-order chi connectivity index (χ0) is 11.4.